The summed E-state index contributed by atoms with van der Waals surface area (Å²) in [5, 5.41) is 11.2. The molecule has 0 amide bonds. The van der Waals surface area contributed by atoms with E-state index in [1.807, 2.05) is 36.4 Å². The van der Waals surface area contributed by atoms with Gasteiger partial charge in [0.2, 0.25) is 0 Å². The molecular formula is C23H33Cl3N2O2. The molecule has 0 radical (unpaired) electrons. The van der Waals surface area contributed by atoms with E-state index in [2.05, 4.69) is 35.8 Å². The number of ether oxygens (including phenoxy) is 1. The van der Waals surface area contributed by atoms with Gasteiger partial charge in [-0.2, -0.15) is 0 Å². The molecule has 4 nitrogen and oxygen atoms in total. The third kappa shape index (κ3) is 7.51. The van der Waals surface area contributed by atoms with E-state index in [-0.39, 0.29) is 24.8 Å². The van der Waals surface area contributed by atoms with Crippen LogP contribution in [0.3, 0.4) is 0 Å². The second kappa shape index (κ2) is 13.3. The lowest BCUT2D eigenvalue weighted by atomic mass is 9.98. The Morgan fingerprint density at radius 3 is 2.40 bits per heavy atom. The van der Waals surface area contributed by atoms with E-state index in [0.29, 0.717) is 19.1 Å². The first-order chi connectivity index (χ1) is 13.6. The van der Waals surface area contributed by atoms with E-state index in [9.17, 15) is 5.11 Å². The molecule has 0 aliphatic carbocycles. The first-order valence-corrected chi connectivity index (χ1v) is 10.6. The van der Waals surface area contributed by atoms with Crippen LogP contribution in [0.25, 0.3) is 0 Å². The quantitative estimate of drug-likeness (QED) is 0.565. The van der Waals surface area contributed by atoms with Gasteiger partial charge in [0.25, 0.3) is 0 Å². The van der Waals surface area contributed by atoms with Gasteiger partial charge in [-0.1, -0.05) is 49.7 Å². The molecule has 30 heavy (non-hydrogen) atoms. The maximum atomic E-state index is 10.5. The van der Waals surface area contributed by atoms with E-state index in [0.717, 1.165) is 49.1 Å². The molecule has 168 valence electrons. The first kappa shape index (κ1) is 26.9. The molecule has 2 atom stereocenters. The van der Waals surface area contributed by atoms with Crippen molar-refractivity contribution in [3.63, 3.8) is 0 Å². The Morgan fingerprint density at radius 2 is 1.73 bits per heavy atom. The number of aliphatic hydroxyl groups is 1. The molecule has 1 heterocycles. The lowest BCUT2D eigenvalue weighted by molar-refractivity contribution is 0.0658. The number of hydrogen-bond donors (Lipinski definition) is 1. The number of nitrogens with zero attached hydrogens (tertiary/aromatic N) is 2. The van der Waals surface area contributed by atoms with Gasteiger partial charge in [0, 0.05) is 43.4 Å². The van der Waals surface area contributed by atoms with E-state index in [1.54, 1.807) is 0 Å². The zero-order valence-corrected chi connectivity index (χ0v) is 20.1. The van der Waals surface area contributed by atoms with E-state index >= 15 is 0 Å². The second-order valence-electron chi connectivity index (χ2n) is 7.58. The summed E-state index contributed by atoms with van der Waals surface area (Å²) in [5.74, 6) is 1.34. The van der Waals surface area contributed by atoms with Crippen LogP contribution in [0.2, 0.25) is 5.02 Å². The number of hydrogen-bond acceptors (Lipinski definition) is 4. The van der Waals surface area contributed by atoms with Crippen molar-refractivity contribution in [2.24, 2.45) is 0 Å². The average molecular weight is 476 g/mol. The van der Waals surface area contributed by atoms with Crippen LogP contribution in [-0.2, 0) is 0 Å². The minimum absolute atomic E-state index is 0. The van der Waals surface area contributed by atoms with Crippen molar-refractivity contribution in [3.05, 3.63) is 59.1 Å². The second-order valence-corrected chi connectivity index (χ2v) is 8.02. The SMILES string of the molecule is CCC(C)c1ccccc1OCC(O)CN1CCN(c2cccc(Cl)c2)CC1.Cl.Cl. The molecular weight excluding hydrogens is 443 g/mol. The van der Waals surface area contributed by atoms with Crippen molar-refractivity contribution in [3.8, 4) is 5.75 Å². The highest BCUT2D eigenvalue weighted by Gasteiger charge is 2.20. The van der Waals surface area contributed by atoms with Crippen LogP contribution in [0, 0.1) is 0 Å². The van der Waals surface area contributed by atoms with Crippen molar-refractivity contribution in [1.82, 2.24) is 4.90 Å². The molecule has 0 bridgehead atoms. The largest absolute Gasteiger partial charge is 0.491 e. The van der Waals surface area contributed by atoms with E-state index in [1.165, 1.54) is 5.56 Å². The molecule has 1 aliphatic heterocycles. The summed E-state index contributed by atoms with van der Waals surface area (Å²) in [5.41, 5.74) is 2.38. The number of rotatable bonds is 8. The van der Waals surface area contributed by atoms with Crippen molar-refractivity contribution in [2.75, 3.05) is 44.2 Å². The van der Waals surface area contributed by atoms with Crippen molar-refractivity contribution in [2.45, 2.75) is 32.3 Å². The summed E-state index contributed by atoms with van der Waals surface area (Å²) in [7, 11) is 0. The van der Waals surface area contributed by atoms with Crippen LogP contribution < -0.4 is 9.64 Å². The van der Waals surface area contributed by atoms with E-state index < -0.39 is 6.10 Å². The number of β-amino-alcohol motifs (C(OH)–C–C–N with tert-alkyl or cyclic N) is 1. The Morgan fingerprint density at radius 1 is 1.03 bits per heavy atom. The zero-order valence-electron chi connectivity index (χ0n) is 17.7. The predicted octanol–water partition coefficient (Wildman–Crippen LogP) is 5.26. The van der Waals surface area contributed by atoms with Crippen molar-refractivity contribution < 1.29 is 9.84 Å². The van der Waals surface area contributed by atoms with Crippen LogP contribution in [0.15, 0.2) is 48.5 Å². The Kier molecular flexibility index (Phi) is 11.9. The Bertz CT molecular complexity index is 755. The van der Waals surface area contributed by atoms with Gasteiger partial charge in [-0.15, -0.1) is 24.8 Å². The summed E-state index contributed by atoms with van der Waals surface area (Å²) < 4.78 is 5.97. The lowest BCUT2D eigenvalue weighted by Crippen LogP contribution is -2.49. The normalized spacial score (nSPS) is 16.2. The number of anilines is 1. The maximum Gasteiger partial charge on any atom is 0.122 e. The topological polar surface area (TPSA) is 35.9 Å². The summed E-state index contributed by atoms with van der Waals surface area (Å²) in [4.78, 5) is 4.64. The smallest absolute Gasteiger partial charge is 0.122 e. The highest BCUT2D eigenvalue weighted by Crippen LogP contribution is 2.28. The van der Waals surface area contributed by atoms with Crippen LogP contribution in [0.1, 0.15) is 31.7 Å². The molecule has 0 aromatic heterocycles. The van der Waals surface area contributed by atoms with Gasteiger partial charge in [0.15, 0.2) is 0 Å². The molecule has 2 aromatic rings. The molecule has 3 rings (SSSR count). The fraction of sp³-hybridized carbons (Fsp3) is 0.478. The Hall–Kier alpha value is -1.17. The average Bonchev–Trinajstić information content (AvgIpc) is 2.72. The number of halogens is 3. The number of para-hydroxylation sites is 1. The first-order valence-electron chi connectivity index (χ1n) is 10.2. The minimum atomic E-state index is -0.497. The van der Waals surface area contributed by atoms with Gasteiger partial charge in [-0.05, 0) is 42.2 Å². The molecule has 0 spiro atoms. The van der Waals surface area contributed by atoms with Gasteiger partial charge in [0.05, 0.1) is 0 Å². The van der Waals surface area contributed by atoms with E-state index in [4.69, 9.17) is 16.3 Å². The lowest BCUT2D eigenvalue weighted by Gasteiger charge is -2.37. The molecule has 0 saturated carbocycles. The number of benzene rings is 2. The summed E-state index contributed by atoms with van der Waals surface area (Å²) in [6, 6.07) is 16.1. The summed E-state index contributed by atoms with van der Waals surface area (Å²) in [6.07, 6.45) is 0.572. The molecule has 1 saturated heterocycles. The fourth-order valence-electron chi connectivity index (χ4n) is 3.64. The van der Waals surface area contributed by atoms with Gasteiger partial charge in [-0.3, -0.25) is 4.90 Å². The highest BCUT2D eigenvalue weighted by atomic mass is 35.5. The van der Waals surface area contributed by atoms with Crippen LogP contribution in [0.5, 0.6) is 5.75 Å². The highest BCUT2D eigenvalue weighted by molar-refractivity contribution is 6.30. The Labute approximate surface area is 198 Å². The van der Waals surface area contributed by atoms with Gasteiger partial charge in [-0.25, -0.2) is 0 Å². The third-order valence-electron chi connectivity index (χ3n) is 5.51. The number of aliphatic hydroxyl groups excluding tert-OH is 1. The van der Waals surface area contributed by atoms with Crippen molar-refractivity contribution >= 4 is 42.1 Å². The number of piperazine rings is 1. The van der Waals surface area contributed by atoms with Gasteiger partial charge in [0.1, 0.15) is 18.5 Å². The predicted molar refractivity (Wildman–Crippen MR) is 131 cm³/mol. The maximum absolute atomic E-state index is 10.5. The van der Waals surface area contributed by atoms with Crippen LogP contribution in [0.4, 0.5) is 5.69 Å². The standard InChI is InChI=1S/C23H31ClN2O2.2ClH/c1-3-18(2)22-9-4-5-10-23(22)28-17-21(27)16-25-11-13-26(14-12-25)20-8-6-7-19(24)15-20;;/h4-10,15,18,21,27H,3,11-14,16-17H2,1-2H3;2*1H. The van der Waals surface area contributed by atoms with Gasteiger partial charge >= 0.3 is 0 Å². The molecule has 2 unspecified atom stereocenters. The summed E-state index contributed by atoms with van der Waals surface area (Å²) >= 11 is 6.10. The monoisotopic (exact) mass is 474 g/mol. The van der Waals surface area contributed by atoms with Gasteiger partial charge < -0.3 is 14.7 Å². The third-order valence-corrected chi connectivity index (χ3v) is 5.74. The van der Waals surface area contributed by atoms with Crippen LogP contribution >= 0.6 is 36.4 Å². The molecule has 1 N–H and O–H groups in total. The Balaban J connectivity index is 0.00000225. The minimum Gasteiger partial charge on any atom is -0.491 e. The zero-order chi connectivity index (χ0) is 19.9. The van der Waals surface area contributed by atoms with Crippen LogP contribution in [-0.4, -0.2) is 55.4 Å². The molecule has 1 aliphatic rings. The fourth-order valence-corrected chi connectivity index (χ4v) is 3.82. The molecule has 1 fully saturated rings. The molecule has 7 heteroatoms. The summed E-state index contributed by atoms with van der Waals surface area (Å²) in [6.45, 7) is 9.06. The molecule has 2 aromatic carbocycles. The van der Waals surface area contributed by atoms with Crippen molar-refractivity contribution in [1.29, 1.82) is 0 Å².